The molecule has 0 aliphatic heterocycles. The minimum atomic E-state index is -0.690. The second kappa shape index (κ2) is 6.61. The molecule has 1 aromatic rings. The molecule has 1 aromatic carbocycles. The standard InChI is InChI=1S/C18H27NO2/c1-13(2)16(15-8-6-14(3)7-9-15)17(20)19-12-18(21)10-4-5-11-18/h6-9,13,16,21H,4-5,10-12H2,1-3H3,(H,19,20). The van der Waals surface area contributed by atoms with Crippen LogP contribution in [0.2, 0.25) is 0 Å². The fraction of sp³-hybridized carbons (Fsp3) is 0.611. The third-order valence-corrected chi connectivity index (χ3v) is 4.51. The summed E-state index contributed by atoms with van der Waals surface area (Å²) in [6.45, 7) is 6.55. The maximum Gasteiger partial charge on any atom is 0.227 e. The summed E-state index contributed by atoms with van der Waals surface area (Å²) in [7, 11) is 0. The van der Waals surface area contributed by atoms with Crippen LogP contribution in [-0.2, 0) is 4.79 Å². The van der Waals surface area contributed by atoms with Gasteiger partial charge in [0.25, 0.3) is 0 Å². The van der Waals surface area contributed by atoms with E-state index in [0.29, 0.717) is 6.54 Å². The van der Waals surface area contributed by atoms with Gasteiger partial charge in [0.05, 0.1) is 11.5 Å². The zero-order valence-electron chi connectivity index (χ0n) is 13.4. The summed E-state index contributed by atoms with van der Waals surface area (Å²) in [5.41, 5.74) is 1.55. The lowest BCUT2D eigenvalue weighted by molar-refractivity contribution is -0.124. The Kier molecular flexibility index (Phi) is 5.04. The van der Waals surface area contributed by atoms with Crippen molar-refractivity contribution >= 4 is 5.91 Å². The highest BCUT2D eigenvalue weighted by molar-refractivity contribution is 5.84. The molecule has 3 nitrogen and oxygen atoms in total. The highest BCUT2D eigenvalue weighted by atomic mass is 16.3. The molecule has 1 amide bonds. The van der Waals surface area contributed by atoms with Gasteiger partial charge < -0.3 is 10.4 Å². The molecule has 1 aliphatic carbocycles. The Hall–Kier alpha value is -1.35. The van der Waals surface area contributed by atoms with E-state index in [1.54, 1.807) is 0 Å². The Morgan fingerprint density at radius 3 is 2.33 bits per heavy atom. The quantitative estimate of drug-likeness (QED) is 0.875. The number of aliphatic hydroxyl groups is 1. The number of hydrogen-bond donors (Lipinski definition) is 2. The molecule has 0 heterocycles. The molecule has 0 saturated heterocycles. The smallest absolute Gasteiger partial charge is 0.227 e. The fourth-order valence-corrected chi connectivity index (χ4v) is 3.18. The first-order valence-electron chi connectivity index (χ1n) is 7.98. The molecule has 2 rings (SSSR count). The zero-order valence-corrected chi connectivity index (χ0v) is 13.4. The number of rotatable bonds is 5. The molecule has 1 fully saturated rings. The monoisotopic (exact) mass is 289 g/mol. The van der Waals surface area contributed by atoms with Gasteiger partial charge in [0.15, 0.2) is 0 Å². The third kappa shape index (κ3) is 4.07. The van der Waals surface area contributed by atoms with Crippen LogP contribution in [0, 0.1) is 12.8 Å². The molecular formula is C18H27NO2. The average molecular weight is 289 g/mol. The molecular weight excluding hydrogens is 262 g/mol. The van der Waals surface area contributed by atoms with Gasteiger partial charge in [-0.15, -0.1) is 0 Å². The number of amides is 1. The van der Waals surface area contributed by atoms with Crippen molar-refractivity contribution in [3.63, 3.8) is 0 Å². The number of nitrogens with one attached hydrogen (secondary N) is 1. The lowest BCUT2D eigenvalue weighted by Crippen LogP contribution is -2.43. The summed E-state index contributed by atoms with van der Waals surface area (Å²) >= 11 is 0. The van der Waals surface area contributed by atoms with Crippen LogP contribution >= 0.6 is 0 Å². The van der Waals surface area contributed by atoms with Gasteiger partial charge in [0.1, 0.15) is 0 Å². The van der Waals surface area contributed by atoms with E-state index < -0.39 is 5.60 Å². The summed E-state index contributed by atoms with van der Waals surface area (Å²) in [5.74, 6) is 0.0932. The van der Waals surface area contributed by atoms with Crippen LogP contribution in [-0.4, -0.2) is 23.2 Å². The van der Waals surface area contributed by atoms with Gasteiger partial charge >= 0.3 is 0 Å². The Labute approximate surface area is 127 Å². The normalized spacial score (nSPS) is 18.7. The van der Waals surface area contributed by atoms with Crippen LogP contribution in [0.25, 0.3) is 0 Å². The number of carbonyl (C=O) groups excluding carboxylic acids is 1. The maximum atomic E-state index is 12.5. The second-order valence-electron chi connectivity index (χ2n) is 6.78. The topological polar surface area (TPSA) is 49.3 Å². The molecule has 2 N–H and O–H groups in total. The molecule has 1 unspecified atom stereocenters. The SMILES string of the molecule is Cc1ccc(C(C(=O)NCC2(O)CCCC2)C(C)C)cc1. The Balaban J connectivity index is 2.04. The van der Waals surface area contributed by atoms with Crippen LogP contribution < -0.4 is 5.32 Å². The van der Waals surface area contributed by atoms with Crippen LogP contribution in [0.15, 0.2) is 24.3 Å². The molecule has 1 saturated carbocycles. The molecule has 0 bridgehead atoms. The van der Waals surface area contributed by atoms with Gasteiger partial charge in [0.2, 0.25) is 5.91 Å². The lowest BCUT2D eigenvalue weighted by atomic mass is 9.87. The van der Waals surface area contributed by atoms with E-state index in [1.165, 1.54) is 5.56 Å². The molecule has 3 heteroatoms. The molecule has 116 valence electrons. The predicted octanol–water partition coefficient (Wildman–Crippen LogP) is 3.16. The molecule has 1 aliphatic rings. The van der Waals surface area contributed by atoms with Crippen LogP contribution in [0.4, 0.5) is 0 Å². The summed E-state index contributed by atoms with van der Waals surface area (Å²) in [5, 5.41) is 13.3. The number of carbonyl (C=O) groups is 1. The van der Waals surface area contributed by atoms with Crippen molar-refractivity contribution in [1.29, 1.82) is 0 Å². The van der Waals surface area contributed by atoms with Crippen molar-refractivity contribution in [2.45, 2.75) is 58.0 Å². The van der Waals surface area contributed by atoms with E-state index >= 15 is 0 Å². The first-order valence-corrected chi connectivity index (χ1v) is 7.98. The zero-order chi connectivity index (χ0) is 15.5. The van der Waals surface area contributed by atoms with Crippen LogP contribution in [0.5, 0.6) is 0 Å². The highest BCUT2D eigenvalue weighted by Crippen LogP contribution is 2.29. The van der Waals surface area contributed by atoms with E-state index in [2.05, 4.69) is 19.2 Å². The molecule has 1 atom stereocenters. The summed E-state index contributed by atoms with van der Waals surface area (Å²) in [6, 6.07) is 8.15. The Morgan fingerprint density at radius 1 is 1.24 bits per heavy atom. The molecule has 21 heavy (non-hydrogen) atoms. The molecule has 0 aromatic heterocycles. The largest absolute Gasteiger partial charge is 0.388 e. The summed E-state index contributed by atoms with van der Waals surface area (Å²) < 4.78 is 0. The van der Waals surface area contributed by atoms with E-state index in [-0.39, 0.29) is 17.7 Å². The number of aryl methyl sites for hydroxylation is 1. The molecule has 0 radical (unpaired) electrons. The van der Waals surface area contributed by atoms with Crippen molar-refractivity contribution < 1.29 is 9.90 Å². The second-order valence-corrected chi connectivity index (χ2v) is 6.78. The first kappa shape index (κ1) is 16.0. The fourth-order valence-electron chi connectivity index (χ4n) is 3.18. The van der Waals surface area contributed by atoms with E-state index in [0.717, 1.165) is 31.2 Å². The maximum absolute atomic E-state index is 12.5. The third-order valence-electron chi connectivity index (χ3n) is 4.51. The van der Waals surface area contributed by atoms with E-state index in [9.17, 15) is 9.90 Å². The minimum absolute atomic E-state index is 0.0224. The lowest BCUT2D eigenvalue weighted by Gasteiger charge is -2.26. The first-order chi connectivity index (χ1) is 9.91. The van der Waals surface area contributed by atoms with E-state index in [1.807, 2.05) is 31.2 Å². The number of benzene rings is 1. The van der Waals surface area contributed by atoms with E-state index in [4.69, 9.17) is 0 Å². The van der Waals surface area contributed by atoms with Crippen molar-refractivity contribution in [3.8, 4) is 0 Å². The summed E-state index contributed by atoms with van der Waals surface area (Å²) in [6.07, 6.45) is 3.70. The van der Waals surface area contributed by atoms with Gasteiger partial charge in [-0.1, -0.05) is 56.5 Å². The van der Waals surface area contributed by atoms with Crippen LogP contribution in [0.3, 0.4) is 0 Å². The van der Waals surface area contributed by atoms with Crippen LogP contribution in [0.1, 0.15) is 56.6 Å². The highest BCUT2D eigenvalue weighted by Gasteiger charge is 2.33. The predicted molar refractivity (Wildman–Crippen MR) is 85.2 cm³/mol. The summed E-state index contributed by atoms with van der Waals surface area (Å²) in [4.78, 5) is 12.5. The van der Waals surface area contributed by atoms with Gasteiger partial charge in [-0.2, -0.15) is 0 Å². The van der Waals surface area contributed by atoms with Crippen molar-refractivity contribution in [2.24, 2.45) is 5.92 Å². The Bertz CT molecular complexity index is 472. The molecule has 0 spiro atoms. The average Bonchev–Trinajstić information content (AvgIpc) is 2.86. The van der Waals surface area contributed by atoms with Gasteiger partial charge in [0, 0.05) is 6.54 Å². The van der Waals surface area contributed by atoms with Gasteiger partial charge in [-0.05, 0) is 31.2 Å². The number of hydrogen-bond acceptors (Lipinski definition) is 2. The minimum Gasteiger partial charge on any atom is -0.388 e. The van der Waals surface area contributed by atoms with Gasteiger partial charge in [-0.3, -0.25) is 4.79 Å². The van der Waals surface area contributed by atoms with Crippen molar-refractivity contribution in [2.75, 3.05) is 6.54 Å². The van der Waals surface area contributed by atoms with Crippen molar-refractivity contribution in [1.82, 2.24) is 5.32 Å². The van der Waals surface area contributed by atoms with Crippen molar-refractivity contribution in [3.05, 3.63) is 35.4 Å². The van der Waals surface area contributed by atoms with Gasteiger partial charge in [-0.25, -0.2) is 0 Å². The Morgan fingerprint density at radius 2 is 1.81 bits per heavy atom.